The lowest BCUT2D eigenvalue weighted by molar-refractivity contribution is -0.129. The first-order valence-electron chi connectivity index (χ1n) is 10.9. The molecule has 1 saturated heterocycles. The number of hydrogen-bond acceptors (Lipinski definition) is 5. The van der Waals surface area contributed by atoms with Crippen molar-refractivity contribution in [3.8, 4) is 0 Å². The average molecular weight is 478 g/mol. The summed E-state index contributed by atoms with van der Waals surface area (Å²) in [4.78, 5) is 28.9. The minimum Gasteiger partial charge on any atom is -0.356 e. The highest BCUT2D eigenvalue weighted by atomic mass is 32.2. The molecule has 0 spiro atoms. The molecule has 1 aromatic heterocycles. The highest BCUT2D eigenvalue weighted by Crippen LogP contribution is 2.41. The van der Waals surface area contributed by atoms with E-state index in [0.717, 1.165) is 16.1 Å². The first-order valence-corrected chi connectivity index (χ1v) is 13.6. The zero-order chi connectivity index (χ0) is 23.3. The molecule has 9 heteroatoms. The van der Waals surface area contributed by atoms with E-state index < -0.39 is 10.0 Å². The van der Waals surface area contributed by atoms with E-state index in [1.54, 1.807) is 23.2 Å². The summed E-state index contributed by atoms with van der Waals surface area (Å²) in [6.45, 7) is 4.95. The van der Waals surface area contributed by atoms with Crippen LogP contribution in [0, 0.1) is 12.8 Å². The van der Waals surface area contributed by atoms with Crippen LogP contribution in [0.5, 0.6) is 0 Å². The molecule has 32 heavy (non-hydrogen) atoms. The van der Waals surface area contributed by atoms with E-state index in [1.807, 2.05) is 48.7 Å². The van der Waals surface area contributed by atoms with Crippen molar-refractivity contribution in [1.29, 1.82) is 0 Å². The van der Waals surface area contributed by atoms with Crippen LogP contribution in [0.4, 0.5) is 5.69 Å². The van der Waals surface area contributed by atoms with Crippen LogP contribution in [-0.4, -0.2) is 50.4 Å². The molecule has 2 heterocycles. The van der Waals surface area contributed by atoms with Gasteiger partial charge in [-0.15, -0.1) is 11.3 Å². The number of rotatable bonds is 9. The predicted molar refractivity (Wildman–Crippen MR) is 128 cm³/mol. The van der Waals surface area contributed by atoms with Crippen molar-refractivity contribution in [2.45, 2.75) is 39.2 Å². The molecule has 7 nitrogen and oxygen atoms in total. The highest BCUT2D eigenvalue weighted by molar-refractivity contribution is 7.88. The second-order valence-electron chi connectivity index (χ2n) is 8.10. The number of anilines is 1. The summed E-state index contributed by atoms with van der Waals surface area (Å²) in [5, 5.41) is 4.94. The number of benzene rings is 1. The standard InChI is InChI=1S/C23H31N3O4S2/c1-4-25(32(3,29)30)15-6-14-24-23(28)19-12-13-21(27)26(18-10-8-17(2)9-11-18)22(19)20-7-5-16-31-20/h5,7-11,16,19,22H,4,6,12-15H2,1-3H3,(H,24,28). The number of sulfonamides is 1. The van der Waals surface area contributed by atoms with Gasteiger partial charge in [0.2, 0.25) is 21.8 Å². The Morgan fingerprint density at radius 1 is 1.25 bits per heavy atom. The summed E-state index contributed by atoms with van der Waals surface area (Å²) >= 11 is 1.54. The average Bonchev–Trinajstić information content (AvgIpc) is 3.27. The van der Waals surface area contributed by atoms with Crippen molar-refractivity contribution >= 4 is 38.9 Å². The van der Waals surface area contributed by atoms with E-state index in [1.165, 1.54) is 10.6 Å². The molecule has 3 rings (SSSR count). The molecule has 0 radical (unpaired) electrons. The third-order valence-corrected chi connectivity index (χ3v) is 8.11. The molecule has 2 atom stereocenters. The van der Waals surface area contributed by atoms with Crippen LogP contribution in [-0.2, 0) is 19.6 Å². The lowest BCUT2D eigenvalue weighted by atomic mass is 9.86. The summed E-state index contributed by atoms with van der Waals surface area (Å²) in [6.07, 6.45) is 2.52. The van der Waals surface area contributed by atoms with Gasteiger partial charge in [0.05, 0.1) is 18.2 Å². The number of piperidine rings is 1. The molecule has 0 bridgehead atoms. The fraction of sp³-hybridized carbons (Fsp3) is 0.478. The Morgan fingerprint density at radius 2 is 1.97 bits per heavy atom. The van der Waals surface area contributed by atoms with E-state index in [9.17, 15) is 18.0 Å². The summed E-state index contributed by atoms with van der Waals surface area (Å²) in [5.74, 6) is -0.455. The number of nitrogens with zero attached hydrogens (tertiary/aromatic N) is 2. The molecule has 1 fully saturated rings. The Kier molecular flexibility index (Phi) is 8.08. The maximum absolute atomic E-state index is 13.2. The van der Waals surface area contributed by atoms with E-state index in [0.29, 0.717) is 38.9 Å². The number of hydrogen-bond donors (Lipinski definition) is 1. The van der Waals surface area contributed by atoms with Crippen molar-refractivity contribution in [3.63, 3.8) is 0 Å². The van der Waals surface area contributed by atoms with Gasteiger partial charge in [-0.2, -0.15) is 0 Å². The normalized spacial score (nSPS) is 19.4. The fourth-order valence-corrected chi connectivity index (χ4v) is 5.93. The van der Waals surface area contributed by atoms with Gasteiger partial charge < -0.3 is 10.2 Å². The zero-order valence-corrected chi connectivity index (χ0v) is 20.4. The summed E-state index contributed by atoms with van der Waals surface area (Å²) in [6, 6.07) is 11.4. The molecule has 2 amide bonds. The molecule has 0 aliphatic carbocycles. The van der Waals surface area contributed by atoms with E-state index >= 15 is 0 Å². The van der Waals surface area contributed by atoms with E-state index in [-0.39, 0.29) is 23.8 Å². The Labute approximate surface area is 194 Å². The molecule has 2 aromatic rings. The Hall–Kier alpha value is -2.23. The van der Waals surface area contributed by atoms with Crippen LogP contribution in [0.3, 0.4) is 0 Å². The third-order valence-electron chi connectivity index (χ3n) is 5.79. The van der Waals surface area contributed by atoms with Gasteiger partial charge in [-0.25, -0.2) is 12.7 Å². The lowest BCUT2D eigenvalue weighted by Crippen LogP contribution is -2.48. The number of thiophene rings is 1. The maximum Gasteiger partial charge on any atom is 0.227 e. The second kappa shape index (κ2) is 10.6. The number of aryl methyl sites for hydroxylation is 1. The van der Waals surface area contributed by atoms with Gasteiger partial charge in [0, 0.05) is 36.6 Å². The maximum atomic E-state index is 13.2. The van der Waals surface area contributed by atoms with Crippen LogP contribution < -0.4 is 10.2 Å². The van der Waals surface area contributed by atoms with Gasteiger partial charge in [0.15, 0.2) is 0 Å². The zero-order valence-electron chi connectivity index (χ0n) is 18.8. The molecule has 174 valence electrons. The van der Waals surface area contributed by atoms with Gasteiger partial charge >= 0.3 is 0 Å². The van der Waals surface area contributed by atoms with E-state index in [2.05, 4.69) is 5.32 Å². The molecule has 0 saturated carbocycles. The topological polar surface area (TPSA) is 86.8 Å². The largest absolute Gasteiger partial charge is 0.356 e. The first kappa shape index (κ1) is 24.4. The van der Waals surface area contributed by atoms with Gasteiger partial charge in [0.25, 0.3) is 0 Å². The minimum absolute atomic E-state index is 0.0167. The van der Waals surface area contributed by atoms with Crippen LogP contribution in [0.25, 0.3) is 0 Å². The minimum atomic E-state index is -3.24. The number of amides is 2. The molecular weight excluding hydrogens is 446 g/mol. The number of carbonyl (C=O) groups excluding carboxylic acids is 2. The summed E-state index contributed by atoms with van der Waals surface area (Å²) in [7, 11) is -3.24. The Bertz CT molecular complexity index is 1020. The van der Waals surface area contributed by atoms with Crippen molar-refractivity contribution in [3.05, 3.63) is 52.2 Å². The Morgan fingerprint density at radius 3 is 2.56 bits per heavy atom. The second-order valence-corrected chi connectivity index (χ2v) is 11.1. The molecule has 1 aliphatic rings. The first-order chi connectivity index (χ1) is 15.2. The summed E-state index contributed by atoms with van der Waals surface area (Å²) < 4.78 is 24.9. The van der Waals surface area contributed by atoms with Crippen molar-refractivity contribution < 1.29 is 18.0 Å². The van der Waals surface area contributed by atoms with Gasteiger partial charge in [-0.05, 0) is 43.3 Å². The van der Waals surface area contributed by atoms with Crippen LogP contribution >= 0.6 is 11.3 Å². The molecule has 1 N–H and O–H groups in total. The quantitative estimate of drug-likeness (QED) is 0.561. The van der Waals surface area contributed by atoms with Gasteiger partial charge in [0.1, 0.15) is 0 Å². The van der Waals surface area contributed by atoms with Crippen LogP contribution in [0.1, 0.15) is 42.7 Å². The molecule has 1 aliphatic heterocycles. The number of carbonyl (C=O) groups is 2. The van der Waals surface area contributed by atoms with Gasteiger partial charge in [-0.3, -0.25) is 9.59 Å². The van der Waals surface area contributed by atoms with Gasteiger partial charge in [-0.1, -0.05) is 30.7 Å². The van der Waals surface area contributed by atoms with Crippen LogP contribution in [0.15, 0.2) is 41.8 Å². The Balaban J connectivity index is 1.75. The molecule has 2 unspecified atom stereocenters. The highest BCUT2D eigenvalue weighted by Gasteiger charge is 2.41. The molecule has 1 aromatic carbocycles. The predicted octanol–water partition coefficient (Wildman–Crippen LogP) is 3.33. The molecular formula is C23H31N3O4S2. The number of nitrogens with one attached hydrogen (secondary N) is 1. The lowest BCUT2D eigenvalue weighted by Gasteiger charge is -2.40. The monoisotopic (exact) mass is 477 g/mol. The SMILES string of the molecule is CCN(CCCNC(=O)C1CCC(=O)N(c2ccc(C)cc2)C1c1cccs1)S(C)(=O)=O. The third kappa shape index (κ3) is 5.76. The fourth-order valence-electron chi connectivity index (χ4n) is 4.12. The van der Waals surface area contributed by atoms with Crippen LogP contribution in [0.2, 0.25) is 0 Å². The van der Waals surface area contributed by atoms with Crippen molar-refractivity contribution in [1.82, 2.24) is 9.62 Å². The van der Waals surface area contributed by atoms with Crippen molar-refractivity contribution in [2.75, 3.05) is 30.8 Å². The van der Waals surface area contributed by atoms with E-state index in [4.69, 9.17) is 0 Å². The summed E-state index contributed by atoms with van der Waals surface area (Å²) in [5.41, 5.74) is 1.90. The van der Waals surface area contributed by atoms with Crippen molar-refractivity contribution in [2.24, 2.45) is 5.92 Å². The smallest absolute Gasteiger partial charge is 0.227 e.